The summed E-state index contributed by atoms with van der Waals surface area (Å²) in [6.45, 7) is 1.26. The molecule has 1 aliphatic rings. The number of allylic oxidation sites excluding steroid dienone is 2. The number of thiazole rings is 1. The fourth-order valence-corrected chi connectivity index (χ4v) is 2.40. The number of urea groups is 1. The molecule has 5 heteroatoms. The molecule has 0 fully saturated rings. The van der Waals surface area contributed by atoms with Gasteiger partial charge in [0.1, 0.15) is 0 Å². The van der Waals surface area contributed by atoms with E-state index in [9.17, 15) is 4.79 Å². The Morgan fingerprint density at radius 1 is 1.47 bits per heavy atom. The fourth-order valence-electron chi connectivity index (χ4n) is 1.84. The van der Waals surface area contributed by atoms with Gasteiger partial charge in [0.15, 0.2) is 0 Å². The first-order valence-electron chi connectivity index (χ1n) is 5.88. The first-order chi connectivity index (χ1) is 8.34. The minimum atomic E-state index is -0.104. The number of nitrogens with zero attached hydrogens (tertiary/aromatic N) is 1. The van der Waals surface area contributed by atoms with Crippen LogP contribution in [-0.4, -0.2) is 17.6 Å². The number of aromatic nitrogens is 1. The third-order valence-electron chi connectivity index (χ3n) is 2.84. The van der Waals surface area contributed by atoms with Crippen LogP contribution in [0.2, 0.25) is 0 Å². The lowest BCUT2D eigenvalue weighted by Crippen LogP contribution is -2.38. The molecule has 2 rings (SSSR count). The smallest absolute Gasteiger partial charge is 0.315 e. The van der Waals surface area contributed by atoms with E-state index in [1.165, 1.54) is 17.8 Å². The zero-order valence-electron chi connectivity index (χ0n) is 9.69. The van der Waals surface area contributed by atoms with E-state index in [1.807, 2.05) is 5.38 Å². The Morgan fingerprint density at radius 2 is 2.41 bits per heavy atom. The SMILES string of the molecule is O=C(NCc1cscn1)NC[C@@H]1CC=CCC1. The molecular weight excluding hydrogens is 234 g/mol. The maximum absolute atomic E-state index is 11.5. The molecule has 2 amide bonds. The minimum Gasteiger partial charge on any atom is -0.338 e. The Kier molecular flexibility index (Phi) is 4.55. The number of rotatable bonds is 4. The van der Waals surface area contributed by atoms with Crippen LogP contribution in [0, 0.1) is 5.92 Å². The van der Waals surface area contributed by atoms with Crippen molar-refractivity contribution in [2.45, 2.75) is 25.8 Å². The van der Waals surface area contributed by atoms with Gasteiger partial charge in [0.2, 0.25) is 0 Å². The standard InChI is InChI=1S/C12H17N3OS/c16-12(14-7-11-8-17-9-15-11)13-6-10-4-2-1-3-5-10/h1-2,8-10H,3-7H2,(H2,13,14,16)/t10-/m1/s1. The molecule has 0 bridgehead atoms. The molecule has 1 atom stereocenters. The van der Waals surface area contributed by atoms with E-state index in [0.29, 0.717) is 12.5 Å². The Labute approximate surface area is 105 Å². The predicted molar refractivity (Wildman–Crippen MR) is 68.8 cm³/mol. The van der Waals surface area contributed by atoms with Gasteiger partial charge in [0.05, 0.1) is 17.7 Å². The van der Waals surface area contributed by atoms with Crippen LogP contribution in [0.3, 0.4) is 0 Å². The Bertz CT molecular complexity index is 375. The molecule has 0 radical (unpaired) electrons. The van der Waals surface area contributed by atoms with Crippen LogP contribution in [0.25, 0.3) is 0 Å². The van der Waals surface area contributed by atoms with Gasteiger partial charge in [-0.1, -0.05) is 12.2 Å². The fraction of sp³-hybridized carbons (Fsp3) is 0.500. The molecule has 1 aromatic heterocycles. The lowest BCUT2D eigenvalue weighted by Gasteiger charge is -2.18. The lowest BCUT2D eigenvalue weighted by molar-refractivity contribution is 0.238. The molecule has 2 N–H and O–H groups in total. The van der Waals surface area contributed by atoms with Crippen molar-refractivity contribution in [1.29, 1.82) is 0 Å². The molecule has 1 aliphatic carbocycles. The van der Waals surface area contributed by atoms with E-state index in [2.05, 4.69) is 27.8 Å². The van der Waals surface area contributed by atoms with Crippen molar-refractivity contribution in [1.82, 2.24) is 15.6 Å². The topological polar surface area (TPSA) is 54.0 Å². The first-order valence-corrected chi connectivity index (χ1v) is 6.82. The second kappa shape index (κ2) is 6.39. The summed E-state index contributed by atoms with van der Waals surface area (Å²) < 4.78 is 0. The van der Waals surface area contributed by atoms with Crippen molar-refractivity contribution in [3.05, 3.63) is 28.7 Å². The molecule has 0 aliphatic heterocycles. The molecular formula is C12H17N3OS. The van der Waals surface area contributed by atoms with Gasteiger partial charge in [-0.15, -0.1) is 11.3 Å². The maximum atomic E-state index is 11.5. The van der Waals surface area contributed by atoms with E-state index in [-0.39, 0.29) is 6.03 Å². The molecule has 17 heavy (non-hydrogen) atoms. The highest BCUT2D eigenvalue weighted by Crippen LogP contribution is 2.16. The molecule has 0 saturated carbocycles. The van der Waals surface area contributed by atoms with Gasteiger partial charge >= 0.3 is 6.03 Å². The summed E-state index contributed by atoms with van der Waals surface area (Å²) in [5.74, 6) is 0.588. The van der Waals surface area contributed by atoms with Crippen LogP contribution in [0.15, 0.2) is 23.0 Å². The number of hydrogen-bond donors (Lipinski definition) is 2. The van der Waals surface area contributed by atoms with Crippen molar-refractivity contribution in [2.75, 3.05) is 6.54 Å². The van der Waals surface area contributed by atoms with E-state index in [0.717, 1.165) is 25.1 Å². The number of carbonyl (C=O) groups is 1. The monoisotopic (exact) mass is 251 g/mol. The van der Waals surface area contributed by atoms with Crippen LogP contribution in [0.4, 0.5) is 4.79 Å². The van der Waals surface area contributed by atoms with Gasteiger partial charge in [-0.2, -0.15) is 0 Å². The Morgan fingerprint density at radius 3 is 3.12 bits per heavy atom. The van der Waals surface area contributed by atoms with Crippen LogP contribution in [0.5, 0.6) is 0 Å². The molecule has 4 nitrogen and oxygen atoms in total. The normalized spacial score (nSPS) is 18.9. The summed E-state index contributed by atoms with van der Waals surface area (Å²) >= 11 is 1.54. The molecule has 0 unspecified atom stereocenters. The summed E-state index contributed by atoms with van der Waals surface area (Å²) in [4.78, 5) is 15.6. The number of hydrogen-bond acceptors (Lipinski definition) is 3. The third kappa shape index (κ3) is 4.19. The lowest BCUT2D eigenvalue weighted by atomic mass is 9.94. The Balaban J connectivity index is 1.62. The highest BCUT2D eigenvalue weighted by atomic mass is 32.1. The molecule has 0 saturated heterocycles. The van der Waals surface area contributed by atoms with Crippen molar-refractivity contribution >= 4 is 17.4 Å². The van der Waals surface area contributed by atoms with Crippen molar-refractivity contribution in [3.63, 3.8) is 0 Å². The highest BCUT2D eigenvalue weighted by molar-refractivity contribution is 7.07. The summed E-state index contributed by atoms with van der Waals surface area (Å²) in [6, 6.07) is -0.104. The number of nitrogens with one attached hydrogen (secondary N) is 2. The minimum absolute atomic E-state index is 0.104. The van der Waals surface area contributed by atoms with Crippen molar-refractivity contribution in [2.24, 2.45) is 5.92 Å². The van der Waals surface area contributed by atoms with Gasteiger partial charge < -0.3 is 10.6 Å². The second-order valence-electron chi connectivity index (χ2n) is 4.19. The van der Waals surface area contributed by atoms with E-state index < -0.39 is 0 Å². The van der Waals surface area contributed by atoms with Gasteiger partial charge in [-0.25, -0.2) is 9.78 Å². The van der Waals surface area contributed by atoms with Crippen molar-refractivity contribution < 1.29 is 4.79 Å². The third-order valence-corrected chi connectivity index (χ3v) is 3.48. The zero-order chi connectivity index (χ0) is 11.9. The quantitative estimate of drug-likeness (QED) is 0.807. The summed E-state index contributed by atoms with van der Waals surface area (Å²) in [5, 5.41) is 7.64. The van der Waals surface area contributed by atoms with Crippen molar-refractivity contribution in [3.8, 4) is 0 Å². The molecule has 1 heterocycles. The van der Waals surface area contributed by atoms with E-state index in [4.69, 9.17) is 0 Å². The van der Waals surface area contributed by atoms with Gasteiger partial charge in [-0.05, 0) is 25.2 Å². The molecule has 1 aromatic rings. The first kappa shape index (κ1) is 12.1. The van der Waals surface area contributed by atoms with Gasteiger partial charge in [-0.3, -0.25) is 0 Å². The van der Waals surface area contributed by atoms with Crippen LogP contribution >= 0.6 is 11.3 Å². The van der Waals surface area contributed by atoms with Gasteiger partial charge in [0.25, 0.3) is 0 Å². The zero-order valence-corrected chi connectivity index (χ0v) is 10.5. The molecule has 0 spiro atoms. The van der Waals surface area contributed by atoms with E-state index >= 15 is 0 Å². The average molecular weight is 251 g/mol. The maximum Gasteiger partial charge on any atom is 0.315 e. The summed E-state index contributed by atoms with van der Waals surface area (Å²) in [7, 11) is 0. The highest BCUT2D eigenvalue weighted by Gasteiger charge is 2.10. The van der Waals surface area contributed by atoms with Crippen LogP contribution in [0.1, 0.15) is 25.0 Å². The summed E-state index contributed by atoms with van der Waals surface area (Å²) in [5.41, 5.74) is 2.68. The summed E-state index contributed by atoms with van der Waals surface area (Å²) in [6.07, 6.45) is 7.78. The average Bonchev–Trinajstić information content (AvgIpc) is 2.88. The van der Waals surface area contributed by atoms with E-state index in [1.54, 1.807) is 5.51 Å². The van der Waals surface area contributed by atoms with Crippen LogP contribution in [-0.2, 0) is 6.54 Å². The predicted octanol–water partition coefficient (Wildman–Crippen LogP) is 2.30. The molecule has 92 valence electrons. The number of amides is 2. The Hall–Kier alpha value is -1.36. The number of carbonyl (C=O) groups excluding carboxylic acids is 1. The van der Waals surface area contributed by atoms with Crippen LogP contribution < -0.4 is 10.6 Å². The largest absolute Gasteiger partial charge is 0.338 e. The molecule has 0 aromatic carbocycles. The second-order valence-corrected chi connectivity index (χ2v) is 4.91. The van der Waals surface area contributed by atoms with Gasteiger partial charge in [0, 0.05) is 11.9 Å².